The third-order valence-corrected chi connectivity index (χ3v) is 3.75. The van der Waals surface area contributed by atoms with Crippen molar-refractivity contribution in [1.29, 1.82) is 0 Å². The lowest BCUT2D eigenvalue weighted by molar-refractivity contribution is -0.145. The lowest BCUT2D eigenvalue weighted by Crippen LogP contribution is -2.34. The number of ketones is 1. The van der Waals surface area contributed by atoms with E-state index in [1.165, 1.54) is 6.92 Å². The molecule has 1 N–H and O–H groups in total. The Bertz CT molecular complexity index is 738. The highest BCUT2D eigenvalue weighted by molar-refractivity contribution is 6.00. The molecule has 1 amide bonds. The van der Waals surface area contributed by atoms with Crippen molar-refractivity contribution in [3.05, 3.63) is 71.3 Å². The second-order valence-corrected chi connectivity index (χ2v) is 5.60. The summed E-state index contributed by atoms with van der Waals surface area (Å²) < 4.78 is 5.11. The molecule has 5 heteroatoms. The van der Waals surface area contributed by atoms with Gasteiger partial charge in [-0.25, -0.2) is 0 Å². The summed E-state index contributed by atoms with van der Waals surface area (Å²) in [5, 5.41) is 2.47. The second-order valence-electron chi connectivity index (χ2n) is 5.60. The van der Waals surface area contributed by atoms with Crippen LogP contribution < -0.4 is 5.32 Å². The number of hydrogen-bond donors (Lipinski definition) is 1. The molecule has 1 atom stereocenters. The zero-order chi connectivity index (χ0) is 18.2. The maximum atomic E-state index is 12.3. The van der Waals surface area contributed by atoms with Crippen LogP contribution in [-0.2, 0) is 16.0 Å². The standard InChI is InChI=1S/C20H21NO4/c1-3-15-9-11-16(12-10-15)19(23)14(2)25-18(22)13-21-20(24)17-7-5-4-6-8-17/h4-12,14H,3,13H2,1-2H3,(H,21,24)/t14-/m0/s1. The van der Waals surface area contributed by atoms with Crippen LogP contribution in [0.25, 0.3) is 0 Å². The van der Waals surface area contributed by atoms with Crippen molar-refractivity contribution in [2.75, 3.05) is 6.54 Å². The maximum absolute atomic E-state index is 12.3. The number of amides is 1. The first kappa shape index (κ1) is 18.4. The van der Waals surface area contributed by atoms with Gasteiger partial charge in [-0.15, -0.1) is 0 Å². The summed E-state index contributed by atoms with van der Waals surface area (Å²) in [4.78, 5) is 36.0. The first-order chi connectivity index (χ1) is 12.0. The van der Waals surface area contributed by atoms with Gasteiger partial charge in [-0.3, -0.25) is 14.4 Å². The van der Waals surface area contributed by atoms with Crippen molar-refractivity contribution in [3.63, 3.8) is 0 Å². The molecule has 0 bridgehead atoms. The Morgan fingerprint density at radius 2 is 1.60 bits per heavy atom. The van der Waals surface area contributed by atoms with E-state index >= 15 is 0 Å². The first-order valence-corrected chi connectivity index (χ1v) is 8.17. The predicted molar refractivity (Wildman–Crippen MR) is 94.5 cm³/mol. The highest BCUT2D eigenvalue weighted by Crippen LogP contribution is 2.09. The van der Waals surface area contributed by atoms with Crippen LogP contribution in [-0.4, -0.2) is 30.3 Å². The van der Waals surface area contributed by atoms with Gasteiger partial charge < -0.3 is 10.1 Å². The van der Waals surface area contributed by atoms with E-state index in [1.807, 2.05) is 19.1 Å². The van der Waals surface area contributed by atoms with Gasteiger partial charge in [0, 0.05) is 11.1 Å². The zero-order valence-corrected chi connectivity index (χ0v) is 14.3. The number of carbonyl (C=O) groups is 3. The topological polar surface area (TPSA) is 72.5 Å². The van der Waals surface area contributed by atoms with Crippen LogP contribution in [0.1, 0.15) is 40.1 Å². The van der Waals surface area contributed by atoms with Gasteiger partial charge in [-0.05, 0) is 31.0 Å². The van der Waals surface area contributed by atoms with Crippen LogP contribution in [0.4, 0.5) is 0 Å². The number of carbonyl (C=O) groups excluding carboxylic acids is 3. The van der Waals surface area contributed by atoms with E-state index in [1.54, 1.807) is 42.5 Å². The molecule has 0 unspecified atom stereocenters. The third kappa shape index (κ3) is 5.28. The number of benzene rings is 2. The molecule has 5 nitrogen and oxygen atoms in total. The molecule has 0 radical (unpaired) electrons. The first-order valence-electron chi connectivity index (χ1n) is 8.17. The molecule has 0 saturated carbocycles. The van der Waals surface area contributed by atoms with Crippen molar-refractivity contribution in [3.8, 4) is 0 Å². The Balaban J connectivity index is 1.84. The summed E-state index contributed by atoms with van der Waals surface area (Å²) >= 11 is 0. The molecule has 0 spiro atoms. The minimum Gasteiger partial charge on any atom is -0.453 e. The third-order valence-electron chi connectivity index (χ3n) is 3.75. The smallest absolute Gasteiger partial charge is 0.326 e. The average Bonchev–Trinajstić information content (AvgIpc) is 2.66. The fraction of sp³-hybridized carbons (Fsp3) is 0.250. The lowest BCUT2D eigenvalue weighted by atomic mass is 10.0. The molecule has 2 aromatic rings. The van der Waals surface area contributed by atoms with Crippen molar-refractivity contribution >= 4 is 17.7 Å². The van der Waals surface area contributed by atoms with Crippen molar-refractivity contribution in [1.82, 2.24) is 5.32 Å². The van der Waals surface area contributed by atoms with Crippen LogP contribution in [0.2, 0.25) is 0 Å². The van der Waals surface area contributed by atoms with E-state index in [2.05, 4.69) is 5.32 Å². The minimum atomic E-state index is -0.909. The van der Waals surface area contributed by atoms with Crippen LogP contribution in [0.3, 0.4) is 0 Å². The molecule has 2 aromatic carbocycles. The summed E-state index contributed by atoms with van der Waals surface area (Å²) in [5.41, 5.74) is 2.08. The number of rotatable bonds is 7. The van der Waals surface area contributed by atoms with Gasteiger partial charge in [0.2, 0.25) is 5.78 Å². The number of hydrogen-bond acceptors (Lipinski definition) is 4. The van der Waals surface area contributed by atoms with Gasteiger partial charge in [0.25, 0.3) is 5.91 Å². The van der Waals surface area contributed by atoms with Gasteiger partial charge in [-0.2, -0.15) is 0 Å². The second kappa shape index (κ2) is 8.78. The van der Waals surface area contributed by atoms with Crippen molar-refractivity contribution in [2.45, 2.75) is 26.4 Å². The molecule has 0 fully saturated rings. The predicted octanol–water partition coefficient (Wildman–Crippen LogP) is 2.79. The summed E-state index contributed by atoms with van der Waals surface area (Å²) in [6.07, 6.45) is -0.0197. The number of aryl methyl sites for hydroxylation is 1. The largest absolute Gasteiger partial charge is 0.453 e. The Hall–Kier alpha value is -2.95. The SMILES string of the molecule is CCc1ccc(C(=O)[C@H](C)OC(=O)CNC(=O)c2ccccc2)cc1. The fourth-order valence-electron chi connectivity index (χ4n) is 2.28. The van der Waals surface area contributed by atoms with Crippen LogP contribution in [0.15, 0.2) is 54.6 Å². The van der Waals surface area contributed by atoms with Crippen LogP contribution in [0.5, 0.6) is 0 Å². The van der Waals surface area contributed by atoms with Crippen LogP contribution >= 0.6 is 0 Å². The highest BCUT2D eigenvalue weighted by Gasteiger charge is 2.19. The summed E-state index contributed by atoms with van der Waals surface area (Å²) in [6, 6.07) is 15.8. The lowest BCUT2D eigenvalue weighted by Gasteiger charge is -2.13. The monoisotopic (exact) mass is 339 g/mol. The Morgan fingerprint density at radius 1 is 0.960 bits per heavy atom. The van der Waals surface area contributed by atoms with Gasteiger partial charge >= 0.3 is 5.97 Å². The van der Waals surface area contributed by atoms with Crippen molar-refractivity contribution in [2.24, 2.45) is 0 Å². The molecule has 0 aliphatic heterocycles. The number of Topliss-reactive ketones (excluding diaryl/α,β-unsaturated/α-hetero) is 1. The van der Waals surface area contributed by atoms with E-state index in [0.29, 0.717) is 11.1 Å². The molecule has 0 saturated heterocycles. The molecule has 0 aliphatic carbocycles. The van der Waals surface area contributed by atoms with E-state index in [9.17, 15) is 14.4 Å². The maximum Gasteiger partial charge on any atom is 0.326 e. The zero-order valence-electron chi connectivity index (χ0n) is 14.3. The van der Waals surface area contributed by atoms with E-state index in [4.69, 9.17) is 4.74 Å². The summed E-state index contributed by atoms with van der Waals surface area (Å²) in [5.74, 6) is -1.30. The van der Waals surface area contributed by atoms with Gasteiger partial charge in [0.15, 0.2) is 6.10 Å². The van der Waals surface area contributed by atoms with Gasteiger partial charge in [0.05, 0.1) is 0 Å². The number of ether oxygens (including phenoxy) is 1. The van der Waals surface area contributed by atoms with Crippen LogP contribution in [0, 0.1) is 0 Å². The Morgan fingerprint density at radius 3 is 2.20 bits per heavy atom. The fourth-order valence-corrected chi connectivity index (χ4v) is 2.28. The molecular formula is C20H21NO4. The molecule has 0 aromatic heterocycles. The molecule has 25 heavy (non-hydrogen) atoms. The van der Waals surface area contributed by atoms with Crippen molar-refractivity contribution < 1.29 is 19.1 Å². The minimum absolute atomic E-state index is 0.273. The summed E-state index contributed by atoms with van der Waals surface area (Å²) in [6.45, 7) is 3.26. The average molecular weight is 339 g/mol. The Labute approximate surface area is 147 Å². The molecule has 0 heterocycles. The highest BCUT2D eigenvalue weighted by atomic mass is 16.5. The van der Waals surface area contributed by atoms with Gasteiger partial charge in [-0.1, -0.05) is 49.4 Å². The number of nitrogens with one attached hydrogen (secondary N) is 1. The van der Waals surface area contributed by atoms with Gasteiger partial charge in [0.1, 0.15) is 6.54 Å². The Kier molecular flexibility index (Phi) is 6.46. The normalized spacial score (nSPS) is 11.4. The summed E-state index contributed by atoms with van der Waals surface area (Å²) in [7, 11) is 0. The van der Waals surface area contributed by atoms with E-state index < -0.39 is 12.1 Å². The molecule has 2 rings (SSSR count). The molecular weight excluding hydrogens is 318 g/mol. The quantitative estimate of drug-likeness (QED) is 0.622. The van der Waals surface area contributed by atoms with E-state index in [-0.39, 0.29) is 18.2 Å². The molecule has 130 valence electrons. The molecule has 0 aliphatic rings. The van der Waals surface area contributed by atoms with E-state index in [0.717, 1.165) is 12.0 Å². The number of esters is 1.